The lowest BCUT2D eigenvalue weighted by molar-refractivity contribution is -0.142. The van der Waals surface area contributed by atoms with E-state index in [1.54, 1.807) is 13.1 Å². The van der Waals surface area contributed by atoms with Gasteiger partial charge in [0.25, 0.3) is 0 Å². The summed E-state index contributed by atoms with van der Waals surface area (Å²) in [7, 11) is 0. The molecule has 0 fully saturated rings. The molecule has 1 aromatic rings. The van der Waals surface area contributed by atoms with Crippen molar-refractivity contribution >= 4 is 34.9 Å². The Morgan fingerprint density at radius 3 is 3.07 bits per heavy atom. The van der Waals surface area contributed by atoms with Crippen LogP contribution < -0.4 is 5.73 Å². The first-order valence-corrected chi connectivity index (χ1v) is 5.51. The average Bonchev–Trinajstić information content (AvgIpc) is 2.51. The van der Waals surface area contributed by atoms with Crippen LogP contribution in [0.15, 0.2) is 6.20 Å². The van der Waals surface area contributed by atoms with Crippen LogP contribution in [0.3, 0.4) is 0 Å². The van der Waals surface area contributed by atoms with Crippen LogP contribution >= 0.6 is 24.0 Å². The first-order valence-electron chi connectivity index (χ1n) is 4.18. The Morgan fingerprint density at radius 2 is 2.57 bits per heavy atom. The molecule has 0 bridgehead atoms. The van der Waals surface area contributed by atoms with Crippen LogP contribution in [0.4, 0.5) is 5.00 Å². The SMILES string of the molecule is CCOC(=O)C(S)Cc1ncc(N)s1. The fourth-order valence-electron chi connectivity index (χ4n) is 0.906. The highest BCUT2D eigenvalue weighted by atomic mass is 32.1. The highest BCUT2D eigenvalue weighted by Gasteiger charge is 2.17. The summed E-state index contributed by atoms with van der Waals surface area (Å²) in [4.78, 5) is 15.2. The van der Waals surface area contributed by atoms with Gasteiger partial charge in [-0.25, -0.2) is 4.98 Å². The molecule has 1 aromatic heterocycles. The Hall–Kier alpha value is -0.750. The first kappa shape index (κ1) is 11.3. The van der Waals surface area contributed by atoms with Crippen LogP contribution in [-0.2, 0) is 16.0 Å². The molecule has 2 N–H and O–H groups in total. The summed E-state index contributed by atoms with van der Waals surface area (Å²) in [5.74, 6) is -0.315. The quantitative estimate of drug-likeness (QED) is 0.603. The molecular formula is C8H12N2O2S2. The molecule has 0 spiro atoms. The topological polar surface area (TPSA) is 65.2 Å². The molecule has 0 amide bonds. The Bertz CT molecular complexity index is 314. The third-order valence-electron chi connectivity index (χ3n) is 1.50. The van der Waals surface area contributed by atoms with Gasteiger partial charge < -0.3 is 10.5 Å². The predicted octanol–water partition coefficient (Wildman–Crippen LogP) is 1.13. The van der Waals surface area contributed by atoms with Gasteiger partial charge in [0, 0.05) is 6.42 Å². The van der Waals surface area contributed by atoms with Gasteiger partial charge in [-0.15, -0.1) is 11.3 Å². The first-order chi connectivity index (χ1) is 6.63. The van der Waals surface area contributed by atoms with Crippen molar-refractivity contribution in [3.63, 3.8) is 0 Å². The monoisotopic (exact) mass is 232 g/mol. The molecule has 1 rings (SSSR count). The number of nitrogen functional groups attached to an aromatic ring is 1. The highest BCUT2D eigenvalue weighted by Crippen LogP contribution is 2.18. The Labute approximate surface area is 91.9 Å². The molecular weight excluding hydrogens is 220 g/mol. The Balaban J connectivity index is 2.48. The largest absolute Gasteiger partial charge is 0.465 e. The number of ether oxygens (including phenoxy) is 1. The zero-order valence-electron chi connectivity index (χ0n) is 7.77. The van der Waals surface area contributed by atoms with Crippen molar-refractivity contribution < 1.29 is 9.53 Å². The summed E-state index contributed by atoms with van der Waals surface area (Å²) < 4.78 is 4.81. The number of hydrogen-bond acceptors (Lipinski definition) is 6. The number of carbonyl (C=O) groups is 1. The van der Waals surface area contributed by atoms with E-state index in [4.69, 9.17) is 10.5 Å². The molecule has 0 aliphatic rings. The van der Waals surface area contributed by atoms with Gasteiger partial charge in [0.1, 0.15) is 10.3 Å². The standard InChI is InChI=1S/C8H12N2O2S2/c1-2-12-8(11)5(13)3-7-10-4-6(9)14-7/h4-5,13H,2-3,9H2,1H3. The lowest BCUT2D eigenvalue weighted by atomic mass is 10.3. The molecule has 4 nitrogen and oxygen atoms in total. The predicted molar refractivity (Wildman–Crippen MR) is 59.6 cm³/mol. The molecule has 0 radical (unpaired) electrons. The molecule has 14 heavy (non-hydrogen) atoms. The van der Waals surface area contributed by atoms with Gasteiger partial charge in [-0.1, -0.05) is 0 Å². The third kappa shape index (κ3) is 3.19. The van der Waals surface area contributed by atoms with Gasteiger partial charge in [-0.05, 0) is 6.92 Å². The van der Waals surface area contributed by atoms with Crippen molar-refractivity contribution in [2.45, 2.75) is 18.6 Å². The van der Waals surface area contributed by atoms with Gasteiger partial charge in [0.2, 0.25) is 0 Å². The number of rotatable bonds is 4. The van der Waals surface area contributed by atoms with Crippen LogP contribution in [-0.4, -0.2) is 22.8 Å². The second kappa shape index (κ2) is 5.21. The number of anilines is 1. The zero-order chi connectivity index (χ0) is 10.6. The second-order valence-corrected chi connectivity index (χ2v) is 4.40. The fraction of sp³-hybridized carbons (Fsp3) is 0.500. The smallest absolute Gasteiger partial charge is 0.319 e. The van der Waals surface area contributed by atoms with E-state index in [9.17, 15) is 4.79 Å². The molecule has 6 heteroatoms. The van der Waals surface area contributed by atoms with Gasteiger partial charge in [0.15, 0.2) is 0 Å². The molecule has 0 aliphatic carbocycles. The van der Waals surface area contributed by atoms with E-state index in [2.05, 4.69) is 17.6 Å². The molecule has 1 atom stereocenters. The second-order valence-electron chi connectivity index (χ2n) is 2.63. The number of nitrogens with zero attached hydrogens (tertiary/aromatic N) is 1. The van der Waals surface area contributed by atoms with Crippen molar-refractivity contribution in [1.82, 2.24) is 4.98 Å². The van der Waals surface area contributed by atoms with Crippen LogP contribution in [0.2, 0.25) is 0 Å². The van der Waals surface area contributed by atoms with Crippen molar-refractivity contribution in [2.24, 2.45) is 0 Å². The summed E-state index contributed by atoms with van der Waals surface area (Å²) in [5.41, 5.74) is 5.50. The normalized spacial score (nSPS) is 12.4. The summed E-state index contributed by atoms with van der Waals surface area (Å²) >= 11 is 5.49. The maximum atomic E-state index is 11.2. The van der Waals surface area contributed by atoms with E-state index in [0.717, 1.165) is 5.01 Å². The summed E-state index contributed by atoms with van der Waals surface area (Å²) in [6.45, 7) is 2.13. The van der Waals surface area contributed by atoms with Gasteiger partial charge in [-0.2, -0.15) is 12.6 Å². The van der Waals surface area contributed by atoms with E-state index in [0.29, 0.717) is 18.0 Å². The molecule has 0 saturated carbocycles. The molecule has 0 saturated heterocycles. The number of hydrogen-bond donors (Lipinski definition) is 2. The average molecular weight is 232 g/mol. The number of aromatic nitrogens is 1. The number of nitrogens with two attached hydrogens (primary N) is 1. The van der Waals surface area contributed by atoms with Crippen molar-refractivity contribution in [1.29, 1.82) is 0 Å². The van der Waals surface area contributed by atoms with Gasteiger partial charge >= 0.3 is 5.97 Å². The molecule has 0 aliphatic heterocycles. The van der Waals surface area contributed by atoms with E-state index < -0.39 is 5.25 Å². The number of esters is 1. The number of thiazole rings is 1. The lowest BCUT2D eigenvalue weighted by Crippen LogP contribution is -2.20. The Kier molecular flexibility index (Phi) is 4.21. The third-order valence-corrected chi connectivity index (χ3v) is 2.74. The van der Waals surface area contributed by atoms with Crippen molar-refractivity contribution in [3.05, 3.63) is 11.2 Å². The molecule has 78 valence electrons. The molecule has 0 aromatic carbocycles. The number of carbonyl (C=O) groups excluding carboxylic acids is 1. The van der Waals surface area contributed by atoms with Gasteiger partial charge in [0.05, 0.1) is 17.8 Å². The maximum absolute atomic E-state index is 11.2. The summed E-state index contributed by atoms with van der Waals surface area (Å²) in [6, 6.07) is 0. The minimum atomic E-state index is -0.458. The minimum absolute atomic E-state index is 0.315. The van der Waals surface area contributed by atoms with E-state index in [-0.39, 0.29) is 5.97 Å². The van der Waals surface area contributed by atoms with Gasteiger partial charge in [-0.3, -0.25) is 4.79 Å². The minimum Gasteiger partial charge on any atom is -0.465 e. The number of thiol groups is 1. The van der Waals surface area contributed by atoms with Crippen molar-refractivity contribution in [3.8, 4) is 0 Å². The van der Waals surface area contributed by atoms with Crippen LogP contribution in [0.1, 0.15) is 11.9 Å². The maximum Gasteiger partial charge on any atom is 0.319 e. The van der Waals surface area contributed by atoms with Crippen LogP contribution in [0.5, 0.6) is 0 Å². The van der Waals surface area contributed by atoms with E-state index >= 15 is 0 Å². The Morgan fingerprint density at radius 1 is 1.86 bits per heavy atom. The van der Waals surface area contributed by atoms with Crippen LogP contribution in [0, 0.1) is 0 Å². The zero-order valence-corrected chi connectivity index (χ0v) is 9.48. The van der Waals surface area contributed by atoms with Crippen LogP contribution in [0.25, 0.3) is 0 Å². The molecule has 1 unspecified atom stereocenters. The summed E-state index contributed by atoms with van der Waals surface area (Å²) in [5, 5.41) is 0.987. The lowest BCUT2D eigenvalue weighted by Gasteiger charge is -2.06. The van der Waals surface area contributed by atoms with E-state index in [1.165, 1.54) is 11.3 Å². The summed E-state index contributed by atoms with van der Waals surface area (Å²) in [6.07, 6.45) is 2.04. The fourth-order valence-corrected chi connectivity index (χ4v) is 2.01. The van der Waals surface area contributed by atoms with Crippen molar-refractivity contribution in [2.75, 3.05) is 12.3 Å². The highest BCUT2D eigenvalue weighted by molar-refractivity contribution is 7.81. The van der Waals surface area contributed by atoms with E-state index in [1.807, 2.05) is 0 Å². The molecule has 1 heterocycles.